The highest BCUT2D eigenvalue weighted by molar-refractivity contribution is 7.89. The molecule has 0 aliphatic carbocycles. The second-order valence-electron chi connectivity index (χ2n) is 6.84. The van der Waals surface area contributed by atoms with E-state index >= 15 is 0 Å². The molecule has 1 fully saturated rings. The summed E-state index contributed by atoms with van der Waals surface area (Å²) in [7, 11) is -3.51. The third-order valence-corrected chi connectivity index (χ3v) is 6.37. The second-order valence-corrected chi connectivity index (χ2v) is 8.55. The number of benzene rings is 1. The summed E-state index contributed by atoms with van der Waals surface area (Å²) in [4.78, 5) is 2.35. The minimum atomic E-state index is -3.51. The first kappa shape index (κ1) is 19.1. The summed E-state index contributed by atoms with van der Waals surface area (Å²) in [6.45, 7) is 5.77. The summed E-state index contributed by atoms with van der Waals surface area (Å²) in [5.41, 5.74) is 1.38. The van der Waals surface area contributed by atoms with E-state index in [1.54, 1.807) is 16.9 Å². The van der Waals surface area contributed by atoms with Crippen molar-refractivity contribution in [1.82, 2.24) is 19.4 Å². The van der Waals surface area contributed by atoms with E-state index in [0.717, 1.165) is 32.5 Å². The van der Waals surface area contributed by atoms with Crippen molar-refractivity contribution in [2.24, 2.45) is 0 Å². The van der Waals surface area contributed by atoms with E-state index in [2.05, 4.69) is 39.0 Å². The highest BCUT2D eigenvalue weighted by Crippen LogP contribution is 2.26. The highest BCUT2D eigenvalue weighted by Gasteiger charge is 2.22. The van der Waals surface area contributed by atoms with Gasteiger partial charge in [-0.2, -0.15) is 5.10 Å². The number of sulfonamides is 1. The van der Waals surface area contributed by atoms with Gasteiger partial charge in [-0.3, -0.25) is 4.68 Å². The second kappa shape index (κ2) is 8.79. The lowest BCUT2D eigenvalue weighted by molar-refractivity contribution is 0.211. The molecule has 2 heterocycles. The first-order valence-electron chi connectivity index (χ1n) is 9.39. The molecule has 1 aromatic heterocycles. The van der Waals surface area contributed by atoms with Crippen LogP contribution < -0.4 is 4.72 Å². The van der Waals surface area contributed by atoms with E-state index in [-0.39, 0.29) is 5.03 Å². The predicted molar refractivity (Wildman–Crippen MR) is 103 cm³/mol. The van der Waals surface area contributed by atoms with Crippen LogP contribution in [0.4, 0.5) is 0 Å². The lowest BCUT2D eigenvalue weighted by atomic mass is 9.91. The molecule has 3 rings (SSSR count). The van der Waals surface area contributed by atoms with E-state index in [1.807, 2.05) is 13.0 Å². The summed E-state index contributed by atoms with van der Waals surface area (Å²) in [5.74, 6) is 0.535. The van der Waals surface area contributed by atoms with Crippen LogP contribution in [0.5, 0.6) is 0 Å². The van der Waals surface area contributed by atoms with Gasteiger partial charge in [0.2, 0.25) is 0 Å². The van der Waals surface area contributed by atoms with Crippen LogP contribution in [0.2, 0.25) is 0 Å². The molecule has 26 heavy (non-hydrogen) atoms. The average Bonchev–Trinajstić information content (AvgIpc) is 3.12. The van der Waals surface area contributed by atoms with Crippen molar-refractivity contribution in [2.75, 3.05) is 26.2 Å². The van der Waals surface area contributed by atoms with Crippen molar-refractivity contribution in [3.8, 4) is 0 Å². The van der Waals surface area contributed by atoms with Crippen LogP contribution in [-0.2, 0) is 16.6 Å². The van der Waals surface area contributed by atoms with Gasteiger partial charge in [-0.05, 0) is 43.4 Å². The zero-order chi connectivity index (χ0) is 18.4. The van der Waals surface area contributed by atoms with Gasteiger partial charge in [-0.25, -0.2) is 13.1 Å². The van der Waals surface area contributed by atoms with Crippen molar-refractivity contribution < 1.29 is 8.42 Å². The maximum absolute atomic E-state index is 12.5. The molecule has 1 aliphatic rings. The Labute approximate surface area is 156 Å². The van der Waals surface area contributed by atoms with Gasteiger partial charge in [-0.15, -0.1) is 0 Å². The summed E-state index contributed by atoms with van der Waals surface area (Å²) >= 11 is 0. The zero-order valence-electron chi connectivity index (χ0n) is 15.3. The topological polar surface area (TPSA) is 67.2 Å². The fraction of sp³-hybridized carbons (Fsp3) is 0.526. The van der Waals surface area contributed by atoms with Crippen molar-refractivity contribution in [1.29, 1.82) is 0 Å². The van der Waals surface area contributed by atoms with Gasteiger partial charge < -0.3 is 4.90 Å². The van der Waals surface area contributed by atoms with Crippen molar-refractivity contribution in [3.63, 3.8) is 0 Å². The van der Waals surface area contributed by atoms with E-state index in [4.69, 9.17) is 0 Å². The molecular formula is C19H28N4O2S. The average molecular weight is 377 g/mol. The molecule has 1 saturated heterocycles. The Balaban J connectivity index is 1.53. The van der Waals surface area contributed by atoms with Crippen LogP contribution in [0.3, 0.4) is 0 Å². The first-order valence-corrected chi connectivity index (χ1v) is 10.9. The van der Waals surface area contributed by atoms with Crippen LogP contribution in [0.25, 0.3) is 0 Å². The maximum Gasteiger partial charge on any atom is 0.257 e. The fourth-order valence-corrected chi connectivity index (χ4v) is 4.76. The molecule has 0 unspecified atom stereocenters. The SMILES string of the molecule is CCCn1nccc1S(=O)(=O)NCCN1CCC[C@@H](c2ccccc2)C1. The number of likely N-dealkylation sites (tertiary alicyclic amines) is 1. The van der Waals surface area contributed by atoms with Crippen LogP contribution in [0.15, 0.2) is 47.6 Å². The van der Waals surface area contributed by atoms with Crippen molar-refractivity contribution in [3.05, 3.63) is 48.2 Å². The number of rotatable bonds is 8. The number of aromatic nitrogens is 2. The van der Waals surface area contributed by atoms with Gasteiger partial charge in [0, 0.05) is 26.2 Å². The van der Waals surface area contributed by atoms with Gasteiger partial charge in [-0.1, -0.05) is 37.3 Å². The number of aryl methyl sites for hydroxylation is 1. The van der Waals surface area contributed by atoms with Crippen LogP contribution in [0, 0.1) is 0 Å². The summed E-state index contributed by atoms with van der Waals surface area (Å²) < 4.78 is 29.3. The summed E-state index contributed by atoms with van der Waals surface area (Å²) in [5, 5.41) is 4.35. The van der Waals surface area contributed by atoms with Crippen LogP contribution in [0.1, 0.15) is 37.7 Å². The number of nitrogens with one attached hydrogen (secondary N) is 1. The number of piperidine rings is 1. The number of nitrogens with zero attached hydrogens (tertiary/aromatic N) is 3. The third-order valence-electron chi connectivity index (χ3n) is 4.88. The molecule has 1 N–H and O–H groups in total. The molecule has 0 spiro atoms. The van der Waals surface area contributed by atoms with Gasteiger partial charge in [0.25, 0.3) is 10.0 Å². The number of hydrogen-bond acceptors (Lipinski definition) is 4. The minimum absolute atomic E-state index is 0.250. The molecule has 1 atom stereocenters. The molecule has 0 radical (unpaired) electrons. The molecule has 142 valence electrons. The Hall–Kier alpha value is -1.70. The molecule has 0 amide bonds. The van der Waals surface area contributed by atoms with Gasteiger partial charge in [0.1, 0.15) is 0 Å². The predicted octanol–water partition coefficient (Wildman–Crippen LogP) is 2.45. The lowest BCUT2D eigenvalue weighted by Gasteiger charge is -2.33. The first-order chi connectivity index (χ1) is 12.6. The lowest BCUT2D eigenvalue weighted by Crippen LogP contribution is -2.40. The van der Waals surface area contributed by atoms with E-state index in [9.17, 15) is 8.42 Å². The summed E-state index contributed by atoms with van der Waals surface area (Å²) in [6, 6.07) is 12.1. The fourth-order valence-electron chi connectivity index (χ4n) is 3.60. The quantitative estimate of drug-likeness (QED) is 0.768. The van der Waals surface area contributed by atoms with Gasteiger partial charge in [0.15, 0.2) is 5.03 Å². The maximum atomic E-state index is 12.5. The smallest absolute Gasteiger partial charge is 0.257 e. The van der Waals surface area contributed by atoms with E-state index in [0.29, 0.717) is 19.0 Å². The Morgan fingerprint density at radius 3 is 2.77 bits per heavy atom. The van der Waals surface area contributed by atoms with Crippen LogP contribution in [-0.4, -0.2) is 49.3 Å². The van der Waals surface area contributed by atoms with Gasteiger partial charge >= 0.3 is 0 Å². The van der Waals surface area contributed by atoms with Crippen molar-refractivity contribution >= 4 is 10.0 Å². The Morgan fingerprint density at radius 2 is 2.00 bits per heavy atom. The zero-order valence-corrected chi connectivity index (χ0v) is 16.2. The Morgan fingerprint density at radius 1 is 1.19 bits per heavy atom. The largest absolute Gasteiger partial charge is 0.301 e. The highest BCUT2D eigenvalue weighted by atomic mass is 32.2. The number of hydrogen-bond donors (Lipinski definition) is 1. The minimum Gasteiger partial charge on any atom is -0.301 e. The van der Waals surface area contributed by atoms with Gasteiger partial charge in [0.05, 0.1) is 6.20 Å². The molecule has 7 heteroatoms. The Kier molecular flexibility index (Phi) is 6.45. The van der Waals surface area contributed by atoms with E-state index < -0.39 is 10.0 Å². The van der Waals surface area contributed by atoms with Crippen LogP contribution >= 0.6 is 0 Å². The third kappa shape index (κ3) is 4.72. The molecule has 0 saturated carbocycles. The molecule has 1 aliphatic heterocycles. The van der Waals surface area contributed by atoms with E-state index in [1.165, 1.54) is 12.0 Å². The molecule has 1 aromatic carbocycles. The summed E-state index contributed by atoms with van der Waals surface area (Å²) in [6.07, 6.45) is 4.73. The molecule has 6 nitrogen and oxygen atoms in total. The standard InChI is InChI=1S/C19H28N4O2S/c1-2-13-23-19(10-11-20-23)26(24,25)21-12-15-22-14-6-9-18(16-22)17-7-4-3-5-8-17/h3-5,7-8,10-11,18,21H,2,6,9,12-16H2,1H3/t18-/m1/s1. The Bertz CT molecular complexity index is 789. The molecular weight excluding hydrogens is 348 g/mol. The molecule has 0 bridgehead atoms. The normalized spacial score (nSPS) is 18.9. The van der Waals surface area contributed by atoms with Crippen molar-refractivity contribution in [2.45, 2.75) is 43.7 Å². The molecule has 2 aromatic rings. The monoisotopic (exact) mass is 376 g/mol.